The minimum Gasteiger partial charge on any atom is -0.310 e. The number of hydrogen-bond donors (Lipinski definition) is 0. The quantitative estimate of drug-likeness (QED) is 0.161. The van der Waals surface area contributed by atoms with Crippen molar-refractivity contribution in [2.24, 2.45) is 0 Å². The zero-order valence-electron chi connectivity index (χ0n) is 36.5. The first-order valence-electron chi connectivity index (χ1n) is 22.8. The molecular formula is C64H45N. The fraction of sp³-hybridized carbons (Fsp3) is 0.0625. The van der Waals surface area contributed by atoms with Gasteiger partial charge in [0.1, 0.15) is 0 Å². The molecule has 13 rings (SSSR count). The van der Waals surface area contributed by atoms with Crippen LogP contribution in [0.15, 0.2) is 237 Å². The van der Waals surface area contributed by atoms with Crippen molar-refractivity contribution < 1.29 is 0 Å². The zero-order chi connectivity index (χ0) is 43.3. The van der Waals surface area contributed by atoms with Crippen molar-refractivity contribution in [1.82, 2.24) is 0 Å². The first-order valence-corrected chi connectivity index (χ1v) is 22.8. The number of para-hydroxylation sites is 1. The molecule has 3 aliphatic carbocycles. The molecule has 1 atom stereocenters. The SMILES string of the molecule is CC1(C)c2ccccc2-c2ccc(N(c3ccc4c(c3)C3(c5ccccc5-c5cc(-c6cccc(-c7ccccc7)c6)ccc53)c3ccccc3-4)c3ccccc3-c3ccccc3)cc21. The summed E-state index contributed by atoms with van der Waals surface area (Å²) in [5, 5.41) is 0. The van der Waals surface area contributed by atoms with Gasteiger partial charge in [0.05, 0.1) is 11.1 Å². The Balaban J connectivity index is 1.04. The fourth-order valence-electron chi connectivity index (χ4n) is 11.7. The van der Waals surface area contributed by atoms with Crippen LogP contribution in [0, 0.1) is 0 Å². The minimum atomic E-state index is -0.509. The van der Waals surface area contributed by atoms with Crippen LogP contribution in [-0.4, -0.2) is 0 Å². The second kappa shape index (κ2) is 14.3. The van der Waals surface area contributed by atoms with E-state index in [2.05, 4.69) is 255 Å². The molecule has 0 N–H and O–H groups in total. The maximum atomic E-state index is 2.52. The van der Waals surface area contributed by atoms with Crippen molar-refractivity contribution in [3.63, 3.8) is 0 Å². The van der Waals surface area contributed by atoms with Crippen molar-refractivity contribution in [2.45, 2.75) is 24.7 Å². The van der Waals surface area contributed by atoms with Crippen LogP contribution >= 0.6 is 0 Å². The Morgan fingerprint density at radius 1 is 0.262 bits per heavy atom. The molecule has 1 spiro atoms. The molecule has 10 aromatic carbocycles. The van der Waals surface area contributed by atoms with Crippen molar-refractivity contribution >= 4 is 17.1 Å². The van der Waals surface area contributed by atoms with Gasteiger partial charge in [0.25, 0.3) is 0 Å². The molecule has 0 aromatic heterocycles. The summed E-state index contributed by atoms with van der Waals surface area (Å²) < 4.78 is 0. The van der Waals surface area contributed by atoms with E-state index in [9.17, 15) is 0 Å². The third kappa shape index (κ3) is 5.46. The Hall–Kier alpha value is -8.00. The van der Waals surface area contributed by atoms with Gasteiger partial charge in [-0.15, -0.1) is 0 Å². The summed E-state index contributed by atoms with van der Waals surface area (Å²) in [7, 11) is 0. The van der Waals surface area contributed by atoms with Gasteiger partial charge in [-0.3, -0.25) is 0 Å². The molecule has 1 heteroatoms. The number of fused-ring (bicyclic) bond motifs is 13. The van der Waals surface area contributed by atoms with E-state index in [-0.39, 0.29) is 5.41 Å². The van der Waals surface area contributed by atoms with Crippen molar-refractivity contribution in [2.75, 3.05) is 4.90 Å². The predicted molar refractivity (Wildman–Crippen MR) is 271 cm³/mol. The second-order valence-corrected chi connectivity index (χ2v) is 18.4. The lowest BCUT2D eigenvalue weighted by atomic mass is 9.70. The molecule has 10 aromatic rings. The summed E-state index contributed by atoms with van der Waals surface area (Å²) in [6.45, 7) is 4.75. The van der Waals surface area contributed by atoms with Crippen LogP contribution in [0.4, 0.5) is 17.1 Å². The van der Waals surface area contributed by atoms with Gasteiger partial charge in [-0.05, 0) is 137 Å². The van der Waals surface area contributed by atoms with Crippen molar-refractivity contribution in [3.8, 4) is 66.8 Å². The first-order chi connectivity index (χ1) is 32.0. The first kappa shape index (κ1) is 37.5. The average Bonchev–Trinajstić information content (AvgIpc) is 3.92. The molecule has 0 radical (unpaired) electrons. The maximum Gasteiger partial charge on any atom is 0.0726 e. The van der Waals surface area contributed by atoms with E-state index < -0.39 is 5.41 Å². The van der Waals surface area contributed by atoms with Crippen LogP contribution in [-0.2, 0) is 10.8 Å². The van der Waals surface area contributed by atoms with E-state index in [1.54, 1.807) is 0 Å². The second-order valence-electron chi connectivity index (χ2n) is 18.4. The van der Waals surface area contributed by atoms with Crippen LogP contribution in [0.1, 0.15) is 47.2 Å². The van der Waals surface area contributed by atoms with Gasteiger partial charge in [-0.2, -0.15) is 0 Å². The molecule has 0 saturated heterocycles. The number of benzene rings is 10. The molecule has 0 bridgehead atoms. The van der Waals surface area contributed by atoms with Gasteiger partial charge >= 0.3 is 0 Å². The lowest BCUT2D eigenvalue weighted by Crippen LogP contribution is -2.26. The molecule has 0 aliphatic heterocycles. The molecule has 65 heavy (non-hydrogen) atoms. The Labute approximate surface area is 381 Å². The summed E-state index contributed by atoms with van der Waals surface area (Å²) in [5.74, 6) is 0. The fourth-order valence-corrected chi connectivity index (χ4v) is 11.7. The third-order valence-corrected chi connectivity index (χ3v) is 14.7. The van der Waals surface area contributed by atoms with Crippen LogP contribution in [0.3, 0.4) is 0 Å². The Bertz CT molecular complexity index is 3520. The number of nitrogens with zero attached hydrogens (tertiary/aromatic N) is 1. The number of anilines is 3. The van der Waals surface area contributed by atoms with Crippen LogP contribution in [0.2, 0.25) is 0 Å². The van der Waals surface area contributed by atoms with Gasteiger partial charge in [-0.25, -0.2) is 0 Å². The van der Waals surface area contributed by atoms with E-state index in [4.69, 9.17) is 0 Å². The van der Waals surface area contributed by atoms with Gasteiger partial charge in [-0.1, -0.05) is 208 Å². The Kier molecular flexibility index (Phi) is 8.24. The van der Waals surface area contributed by atoms with Crippen LogP contribution in [0.5, 0.6) is 0 Å². The lowest BCUT2D eigenvalue weighted by Gasteiger charge is -2.33. The number of hydrogen-bond acceptors (Lipinski definition) is 1. The van der Waals surface area contributed by atoms with E-state index in [1.165, 1.54) is 100 Å². The molecule has 0 saturated carbocycles. The Morgan fingerprint density at radius 3 is 1.38 bits per heavy atom. The van der Waals surface area contributed by atoms with Gasteiger partial charge in [0.15, 0.2) is 0 Å². The van der Waals surface area contributed by atoms with Gasteiger partial charge in [0, 0.05) is 22.4 Å². The molecule has 1 nitrogen and oxygen atoms in total. The average molecular weight is 828 g/mol. The topological polar surface area (TPSA) is 3.24 Å². The van der Waals surface area contributed by atoms with E-state index in [0.29, 0.717) is 0 Å². The van der Waals surface area contributed by atoms with E-state index in [0.717, 1.165) is 17.1 Å². The van der Waals surface area contributed by atoms with Crippen molar-refractivity contribution in [3.05, 3.63) is 270 Å². The maximum absolute atomic E-state index is 2.52. The monoisotopic (exact) mass is 827 g/mol. The highest BCUT2D eigenvalue weighted by atomic mass is 15.1. The van der Waals surface area contributed by atoms with Crippen LogP contribution < -0.4 is 4.90 Å². The molecule has 1 unspecified atom stereocenters. The van der Waals surface area contributed by atoms with E-state index >= 15 is 0 Å². The normalized spacial score (nSPS) is 15.4. The molecular weight excluding hydrogens is 783 g/mol. The van der Waals surface area contributed by atoms with Gasteiger partial charge in [0.2, 0.25) is 0 Å². The molecule has 0 amide bonds. The number of rotatable bonds is 6. The summed E-state index contributed by atoms with van der Waals surface area (Å²) in [6, 6.07) is 88.3. The van der Waals surface area contributed by atoms with E-state index in [1.807, 2.05) is 0 Å². The van der Waals surface area contributed by atoms with Crippen molar-refractivity contribution in [1.29, 1.82) is 0 Å². The summed E-state index contributed by atoms with van der Waals surface area (Å²) >= 11 is 0. The molecule has 0 heterocycles. The highest BCUT2D eigenvalue weighted by Crippen LogP contribution is 2.64. The molecule has 0 fully saturated rings. The smallest absolute Gasteiger partial charge is 0.0726 e. The largest absolute Gasteiger partial charge is 0.310 e. The minimum absolute atomic E-state index is 0.144. The summed E-state index contributed by atoms with van der Waals surface area (Å²) in [5.41, 5.74) is 25.9. The lowest BCUT2D eigenvalue weighted by molar-refractivity contribution is 0.660. The Morgan fingerprint density at radius 2 is 0.708 bits per heavy atom. The standard InChI is InChI=1S/C64H45N/c1-63(2)56-28-13-9-25-50(56)53-35-33-47(40-60(53)63)65(62-31-16-12-24-49(62)43-20-7-4-8-21-43)48-34-36-54-51-26-10-14-29-57(51)64(61(54)41-48)58-30-15-11-27-52(58)55-39-46(32-37-59(55)64)45-23-17-22-44(38-45)42-18-5-3-6-19-42/h3-41H,1-2H3. The zero-order valence-corrected chi connectivity index (χ0v) is 36.5. The predicted octanol–water partition coefficient (Wildman–Crippen LogP) is 16.8. The molecule has 3 aliphatic rings. The summed E-state index contributed by atoms with van der Waals surface area (Å²) in [4.78, 5) is 2.52. The third-order valence-electron chi connectivity index (χ3n) is 14.7. The highest BCUT2D eigenvalue weighted by molar-refractivity contribution is 5.98. The molecule has 306 valence electrons. The van der Waals surface area contributed by atoms with Crippen LogP contribution in [0.25, 0.3) is 66.8 Å². The van der Waals surface area contributed by atoms with Gasteiger partial charge < -0.3 is 4.90 Å². The summed E-state index contributed by atoms with van der Waals surface area (Å²) in [6.07, 6.45) is 0. The highest BCUT2D eigenvalue weighted by Gasteiger charge is 2.52.